The van der Waals surface area contributed by atoms with Crippen LogP contribution in [0.4, 0.5) is 24.5 Å². The van der Waals surface area contributed by atoms with Gasteiger partial charge in [0.15, 0.2) is 0 Å². The molecule has 2 amide bonds. The predicted octanol–water partition coefficient (Wildman–Crippen LogP) is 6.62. The fourth-order valence-electron chi connectivity index (χ4n) is 4.31. The predicted molar refractivity (Wildman–Crippen MR) is 131 cm³/mol. The number of nitrogens with one attached hydrogen (secondary N) is 1. The second-order valence-electron chi connectivity index (χ2n) is 8.34. The molecule has 5 rings (SSSR count). The summed E-state index contributed by atoms with van der Waals surface area (Å²) in [5, 5.41) is 2.51. The van der Waals surface area contributed by atoms with Crippen LogP contribution in [0.5, 0.6) is 0 Å². The zero-order chi connectivity index (χ0) is 25.4. The quantitative estimate of drug-likeness (QED) is 0.337. The van der Waals surface area contributed by atoms with Gasteiger partial charge in [0.2, 0.25) is 0 Å². The maximum absolute atomic E-state index is 13.6. The number of benzene rings is 3. The molecule has 36 heavy (non-hydrogen) atoms. The second kappa shape index (κ2) is 9.20. The summed E-state index contributed by atoms with van der Waals surface area (Å²) in [6.07, 6.45) is -2.72. The van der Waals surface area contributed by atoms with Crippen molar-refractivity contribution in [3.8, 4) is 0 Å². The maximum atomic E-state index is 13.6. The summed E-state index contributed by atoms with van der Waals surface area (Å²) in [5.74, 6) is -1.26. The fourth-order valence-corrected chi connectivity index (χ4v) is 4.57. The molecule has 4 aromatic rings. The van der Waals surface area contributed by atoms with Gasteiger partial charge in [-0.05, 0) is 54.1 Å². The third-order valence-corrected chi connectivity index (χ3v) is 6.36. The van der Waals surface area contributed by atoms with E-state index in [1.807, 2.05) is 42.6 Å². The highest BCUT2D eigenvalue weighted by atomic mass is 35.5. The lowest BCUT2D eigenvalue weighted by atomic mass is 10.1. The van der Waals surface area contributed by atoms with Crippen molar-refractivity contribution in [2.24, 2.45) is 0 Å². The molecule has 1 aliphatic heterocycles. The van der Waals surface area contributed by atoms with Crippen molar-refractivity contribution in [2.45, 2.75) is 19.3 Å². The monoisotopic (exact) mass is 509 g/mol. The summed E-state index contributed by atoms with van der Waals surface area (Å²) < 4.78 is 42.0. The highest BCUT2D eigenvalue weighted by Crippen LogP contribution is 2.33. The summed E-state index contributed by atoms with van der Waals surface area (Å²) in [4.78, 5) is 27.8. The summed E-state index contributed by atoms with van der Waals surface area (Å²) in [6.45, 7) is 0.965. The number of amides is 2. The Labute approximate surface area is 209 Å². The molecule has 0 atom stereocenters. The number of carbonyl (C=O) groups excluding carboxylic acids is 2. The van der Waals surface area contributed by atoms with Crippen molar-refractivity contribution in [1.29, 1.82) is 0 Å². The minimum absolute atomic E-state index is 0.0685. The number of para-hydroxylation sites is 1. The zero-order valence-corrected chi connectivity index (χ0v) is 19.5. The van der Waals surface area contributed by atoms with Gasteiger partial charge in [0.05, 0.1) is 28.3 Å². The van der Waals surface area contributed by atoms with Crippen LogP contribution in [0, 0.1) is 0 Å². The minimum Gasteiger partial charge on any atom is -0.345 e. The molecule has 5 nitrogen and oxygen atoms in total. The van der Waals surface area contributed by atoms with Crippen LogP contribution in [0.3, 0.4) is 0 Å². The molecule has 182 valence electrons. The van der Waals surface area contributed by atoms with E-state index < -0.39 is 23.2 Å². The molecule has 0 radical (unpaired) electrons. The third-order valence-electron chi connectivity index (χ3n) is 6.05. The Morgan fingerprint density at radius 1 is 0.861 bits per heavy atom. The van der Waals surface area contributed by atoms with E-state index in [0.717, 1.165) is 29.1 Å². The summed E-state index contributed by atoms with van der Waals surface area (Å²) in [5.41, 5.74) is 1.54. The number of rotatable bonds is 3. The van der Waals surface area contributed by atoms with E-state index >= 15 is 0 Å². The number of halogens is 4. The first-order valence-electron chi connectivity index (χ1n) is 11.0. The summed E-state index contributed by atoms with van der Waals surface area (Å²) in [6, 6.07) is 20.3. The molecule has 1 N–H and O–H groups in total. The number of aromatic nitrogens is 1. The van der Waals surface area contributed by atoms with Crippen molar-refractivity contribution in [2.75, 3.05) is 10.2 Å². The van der Waals surface area contributed by atoms with Gasteiger partial charge < -0.3 is 14.8 Å². The average Bonchev–Trinajstić information content (AvgIpc) is 3.22. The third kappa shape index (κ3) is 4.47. The molecule has 9 heteroatoms. The largest absolute Gasteiger partial charge is 0.417 e. The first-order chi connectivity index (χ1) is 17.2. The smallest absolute Gasteiger partial charge is 0.345 e. The Morgan fingerprint density at radius 2 is 1.61 bits per heavy atom. The van der Waals surface area contributed by atoms with Crippen LogP contribution in [0.15, 0.2) is 85.1 Å². The van der Waals surface area contributed by atoms with E-state index in [1.54, 1.807) is 4.90 Å². The van der Waals surface area contributed by atoms with Crippen molar-refractivity contribution in [1.82, 2.24) is 4.57 Å². The molecular formula is C27H19ClF3N3O2. The summed E-state index contributed by atoms with van der Waals surface area (Å²) in [7, 11) is 0. The number of hydrogen-bond acceptors (Lipinski definition) is 2. The molecule has 1 aromatic heterocycles. The van der Waals surface area contributed by atoms with Crippen LogP contribution in [-0.2, 0) is 19.3 Å². The molecule has 2 heterocycles. The average molecular weight is 510 g/mol. The van der Waals surface area contributed by atoms with Gasteiger partial charge in [-0.2, -0.15) is 13.2 Å². The number of fused-ring (bicyclic) bond motifs is 2. The van der Waals surface area contributed by atoms with Gasteiger partial charge >= 0.3 is 6.18 Å². The number of alkyl halides is 3. The van der Waals surface area contributed by atoms with Gasteiger partial charge in [0, 0.05) is 29.8 Å². The molecule has 0 saturated carbocycles. The van der Waals surface area contributed by atoms with Crippen LogP contribution < -0.4 is 10.2 Å². The Morgan fingerprint density at radius 3 is 2.39 bits per heavy atom. The minimum atomic E-state index is -4.68. The number of anilines is 2. The second-order valence-corrected chi connectivity index (χ2v) is 8.75. The van der Waals surface area contributed by atoms with Crippen LogP contribution >= 0.6 is 11.6 Å². The SMILES string of the molecule is O=C(Nc1ccc(C(=O)N2Cc3cccn3Cc3ccccc32)c(Cl)c1)c1ccccc1C(F)(F)F. The van der Waals surface area contributed by atoms with Gasteiger partial charge in [0.1, 0.15) is 0 Å². The van der Waals surface area contributed by atoms with Gasteiger partial charge in [0.25, 0.3) is 11.8 Å². The standard InChI is InChI=1S/C27H19ClF3N3O2/c28-23-14-18(32-25(35)20-8-2-3-9-22(20)27(29,30)31)11-12-21(23)26(36)34-16-19-7-5-13-33(19)15-17-6-1-4-10-24(17)34/h1-14H,15-16H2,(H,32,35). The Hall–Kier alpha value is -4.04. The van der Waals surface area contributed by atoms with Crippen molar-refractivity contribution in [3.63, 3.8) is 0 Å². The molecular weight excluding hydrogens is 491 g/mol. The lowest BCUT2D eigenvalue weighted by Crippen LogP contribution is -2.30. The number of nitrogens with zero attached hydrogens (tertiary/aromatic N) is 2. The summed E-state index contributed by atoms with van der Waals surface area (Å²) >= 11 is 6.44. The molecule has 0 spiro atoms. The van der Waals surface area contributed by atoms with Crippen LogP contribution in [-0.4, -0.2) is 16.4 Å². The number of hydrogen-bond donors (Lipinski definition) is 1. The van der Waals surface area contributed by atoms with E-state index in [4.69, 9.17) is 11.6 Å². The molecule has 0 unspecified atom stereocenters. The molecule has 0 bridgehead atoms. The van der Waals surface area contributed by atoms with E-state index in [0.29, 0.717) is 13.1 Å². The Balaban J connectivity index is 1.42. The van der Waals surface area contributed by atoms with Crippen molar-refractivity contribution in [3.05, 3.63) is 118 Å². The van der Waals surface area contributed by atoms with Crippen molar-refractivity contribution < 1.29 is 22.8 Å². The van der Waals surface area contributed by atoms with Gasteiger partial charge in [-0.1, -0.05) is 41.9 Å². The Bertz CT molecular complexity index is 1480. The van der Waals surface area contributed by atoms with Crippen molar-refractivity contribution >= 4 is 34.8 Å². The molecule has 0 aliphatic carbocycles. The van der Waals surface area contributed by atoms with Crippen LogP contribution in [0.2, 0.25) is 5.02 Å². The first-order valence-corrected chi connectivity index (χ1v) is 11.4. The van der Waals surface area contributed by atoms with Gasteiger partial charge in [-0.15, -0.1) is 0 Å². The zero-order valence-electron chi connectivity index (χ0n) is 18.7. The van der Waals surface area contributed by atoms with E-state index in [-0.39, 0.29) is 22.2 Å². The molecule has 3 aromatic carbocycles. The maximum Gasteiger partial charge on any atom is 0.417 e. The van der Waals surface area contributed by atoms with E-state index in [2.05, 4.69) is 9.88 Å². The van der Waals surface area contributed by atoms with E-state index in [9.17, 15) is 22.8 Å². The molecule has 0 fully saturated rings. The lowest BCUT2D eigenvalue weighted by molar-refractivity contribution is -0.137. The highest BCUT2D eigenvalue weighted by Gasteiger charge is 2.35. The number of carbonyl (C=O) groups is 2. The van der Waals surface area contributed by atoms with Crippen LogP contribution in [0.25, 0.3) is 0 Å². The fraction of sp³-hybridized carbons (Fsp3) is 0.111. The van der Waals surface area contributed by atoms with Crippen LogP contribution in [0.1, 0.15) is 37.5 Å². The Kier molecular flexibility index (Phi) is 6.05. The van der Waals surface area contributed by atoms with E-state index in [1.165, 1.54) is 30.3 Å². The highest BCUT2D eigenvalue weighted by molar-refractivity contribution is 6.35. The normalized spacial score (nSPS) is 12.9. The van der Waals surface area contributed by atoms with Gasteiger partial charge in [-0.25, -0.2) is 0 Å². The van der Waals surface area contributed by atoms with Gasteiger partial charge in [-0.3, -0.25) is 9.59 Å². The molecule has 0 saturated heterocycles. The molecule has 1 aliphatic rings. The first kappa shape index (κ1) is 23.7. The topological polar surface area (TPSA) is 54.3 Å². The lowest BCUT2D eigenvalue weighted by Gasteiger charge is -2.23.